The van der Waals surface area contributed by atoms with Gasteiger partial charge in [0.05, 0.1) is 21.3 Å². The van der Waals surface area contributed by atoms with E-state index in [-0.39, 0.29) is 16.8 Å². The van der Waals surface area contributed by atoms with Crippen LogP contribution in [0.1, 0.15) is 25.1 Å². The second-order valence-corrected chi connectivity index (χ2v) is 9.30. The second-order valence-electron chi connectivity index (χ2n) is 7.57. The molecule has 2 aliphatic heterocycles. The van der Waals surface area contributed by atoms with E-state index in [1.54, 1.807) is 18.2 Å². The minimum Gasteiger partial charge on any atom is -0.366 e. The lowest BCUT2D eigenvalue weighted by Crippen LogP contribution is -2.42. The number of piperidine rings is 1. The van der Waals surface area contributed by atoms with E-state index in [0.717, 1.165) is 24.4 Å². The predicted molar refractivity (Wildman–Crippen MR) is 115 cm³/mol. The Hall–Kier alpha value is -1.82. The molecule has 0 bridgehead atoms. The molecule has 2 atom stereocenters. The smallest absolute Gasteiger partial charge is 0.282 e. The molecule has 1 saturated heterocycles. The number of hydrogen-bond acceptors (Lipinski definition) is 4. The summed E-state index contributed by atoms with van der Waals surface area (Å²) in [5.74, 6) is 0.219. The Bertz CT molecular complexity index is 961. The van der Waals surface area contributed by atoms with Crippen molar-refractivity contribution in [3.8, 4) is 0 Å². The van der Waals surface area contributed by atoms with Crippen molar-refractivity contribution in [2.75, 3.05) is 18.0 Å². The average Bonchev–Trinajstić information content (AvgIpc) is 3.23. The minimum atomic E-state index is -0.350. The monoisotopic (exact) mass is 434 g/mol. The average molecular weight is 435 g/mol. The molecule has 2 unspecified atom stereocenters. The standard InChI is InChI=1S/C21H20Cl2N2O2S/c1-12-9-13(2)11-24(10-12)19-17(16-7-4-8-28-16)20(26)25(21(19)27)15-6-3-5-14(22)18(15)23/h3-8,12-13H,9-11H2,1-2H3. The van der Waals surface area contributed by atoms with Crippen LogP contribution in [0.15, 0.2) is 41.4 Å². The third-order valence-electron chi connectivity index (χ3n) is 5.18. The van der Waals surface area contributed by atoms with Crippen LogP contribution >= 0.6 is 34.5 Å². The van der Waals surface area contributed by atoms with E-state index in [2.05, 4.69) is 18.7 Å². The Morgan fingerprint density at radius 1 is 1.00 bits per heavy atom. The van der Waals surface area contributed by atoms with Gasteiger partial charge in [-0.25, -0.2) is 4.90 Å². The molecule has 0 radical (unpaired) electrons. The highest BCUT2D eigenvalue weighted by molar-refractivity contribution is 7.11. The Morgan fingerprint density at radius 3 is 2.36 bits per heavy atom. The number of halogens is 2. The molecule has 28 heavy (non-hydrogen) atoms. The van der Waals surface area contributed by atoms with Gasteiger partial charge >= 0.3 is 0 Å². The number of rotatable bonds is 3. The molecular formula is C21H20Cl2N2O2S. The zero-order valence-electron chi connectivity index (χ0n) is 15.6. The molecule has 146 valence electrons. The number of carbonyl (C=O) groups excluding carboxylic acids is 2. The maximum absolute atomic E-state index is 13.5. The van der Waals surface area contributed by atoms with Crippen molar-refractivity contribution < 1.29 is 9.59 Å². The summed E-state index contributed by atoms with van der Waals surface area (Å²) in [6, 6.07) is 8.75. The van der Waals surface area contributed by atoms with Crippen molar-refractivity contribution in [2.24, 2.45) is 11.8 Å². The number of thiophene rings is 1. The summed E-state index contributed by atoms with van der Waals surface area (Å²) in [4.78, 5) is 31.0. The third-order valence-corrected chi connectivity index (χ3v) is 6.88. The zero-order chi connectivity index (χ0) is 20.0. The van der Waals surface area contributed by atoms with Crippen LogP contribution in [0.4, 0.5) is 5.69 Å². The lowest BCUT2D eigenvalue weighted by atomic mass is 9.91. The number of carbonyl (C=O) groups is 2. The molecule has 7 heteroatoms. The minimum absolute atomic E-state index is 0.207. The SMILES string of the molecule is CC1CC(C)CN(C2=C(c3cccs3)C(=O)N(c3cccc(Cl)c3Cl)C2=O)C1. The van der Waals surface area contributed by atoms with Crippen molar-refractivity contribution >= 4 is 57.6 Å². The Kier molecular flexibility index (Phi) is 5.25. The highest BCUT2D eigenvalue weighted by Gasteiger charge is 2.44. The molecule has 2 aliphatic rings. The fraction of sp³-hybridized carbons (Fsp3) is 0.333. The number of anilines is 1. The van der Waals surface area contributed by atoms with Crippen LogP contribution in [0.5, 0.6) is 0 Å². The maximum Gasteiger partial charge on any atom is 0.282 e. The van der Waals surface area contributed by atoms with Crippen LogP contribution in [0, 0.1) is 11.8 Å². The van der Waals surface area contributed by atoms with Crippen molar-refractivity contribution in [1.29, 1.82) is 0 Å². The molecule has 4 nitrogen and oxygen atoms in total. The summed E-state index contributed by atoms with van der Waals surface area (Å²) < 4.78 is 0. The van der Waals surface area contributed by atoms with E-state index in [0.29, 0.717) is 33.8 Å². The van der Waals surface area contributed by atoms with Crippen LogP contribution in [0.2, 0.25) is 10.0 Å². The van der Waals surface area contributed by atoms with Gasteiger partial charge in [0.1, 0.15) is 5.70 Å². The first-order chi connectivity index (χ1) is 13.4. The normalized spacial score (nSPS) is 23.1. The molecule has 2 amide bonds. The lowest BCUT2D eigenvalue weighted by molar-refractivity contribution is -0.120. The summed E-state index contributed by atoms with van der Waals surface area (Å²) in [5.41, 5.74) is 1.26. The number of imide groups is 1. The van der Waals surface area contributed by atoms with Gasteiger partial charge in [-0.1, -0.05) is 49.2 Å². The molecule has 0 aliphatic carbocycles. The van der Waals surface area contributed by atoms with Crippen molar-refractivity contribution in [3.63, 3.8) is 0 Å². The van der Waals surface area contributed by atoms with Gasteiger partial charge in [0.2, 0.25) is 0 Å². The van der Waals surface area contributed by atoms with Crippen LogP contribution in [-0.4, -0.2) is 29.8 Å². The molecule has 0 saturated carbocycles. The highest BCUT2D eigenvalue weighted by Crippen LogP contribution is 2.41. The zero-order valence-corrected chi connectivity index (χ0v) is 17.9. The van der Waals surface area contributed by atoms with Gasteiger partial charge in [-0.15, -0.1) is 11.3 Å². The molecule has 0 spiro atoms. The molecular weight excluding hydrogens is 415 g/mol. The molecule has 4 rings (SSSR count). The Balaban J connectivity index is 1.84. The van der Waals surface area contributed by atoms with Crippen LogP contribution in [0.25, 0.3) is 5.57 Å². The lowest BCUT2D eigenvalue weighted by Gasteiger charge is -2.37. The van der Waals surface area contributed by atoms with Crippen LogP contribution in [-0.2, 0) is 9.59 Å². The predicted octanol–water partition coefficient (Wildman–Crippen LogP) is 5.32. The van der Waals surface area contributed by atoms with E-state index >= 15 is 0 Å². The first-order valence-corrected chi connectivity index (χ1v) is 10.9. The molecule has 1 aromatic carbocycles. The molecule has 0 N–H and O–H groups in total. The van der Waals surface area contributed by atoms with Gasteiger partial charge < -0.3 is 4.90 Å². The number of benzene rings is 1. The van der Waals surface area contributed by atoms with Gasteiger partial charge in [0.25, 0.3) is 11.8 Å². The molecule has 1 aromatic heterocycles. The van der Waals surface area contributed by atoms with Crippen LogP contribution < -0.4 is 4.90 Å². The van der Waals surface area contributed by atoms with Gasteiger partial charge in [-0.3, -0.25) is 9.59 Å². The first kappa shape index (κ1) is 19.5. The van der Waals surface area contributed by atoms with Gasteiger partial charge in [-0.2, -0.15) is 0 Å². The Morgan fingerprint density at radius 2 is 1.71 bits per heavy atom. The summed E-state index contributed by atoms with van der Waals surface area (Å²) in [7, 11) is 0. The van der Waals surface area contributed by atoms with Gasteiger partial charge in [0.15, 0.2) is 0 Å². The Labute approximate surface area is 178 Å². The van der Waals surface area contributed by atoms with Gasteiger partial charge in [0, 0.05) is 18.0 Å². The number of likely N-dealkylation sites (tertiary alicyclic amines) is 1. The van der Waals surface area contributed by atoms with E-state index in [4.69, 9.17) is 23.2 Å². The number of nitrogens with zero attached hydrogens (tertiary/aromatic N) is 2. The van der Waals surface area contributed by atoms with E-state index < -0.39 is 0 Å². The molecule has 1 fully saturated rings. The summed E-state index contributed by atoms with van der Waals surface area (Å²) in [6.07, 6.45) is 1.12. The van der Waals surface area contributed by atoms with Crippen molar-refractivity contribution in [1.82, 2.24) is 4.90 Å². The summed E-state index contributed by atoms with van der Waals surface area (Å²) in [6.45, 7) is 5.87. The topological polar surface area (TPSA) is 40.6 Å². The van der Waals surface area contributed by atoms with E-state index in [9.17, 15) is 9.59 Å². The second kappa shape index (κ2) is 7.54. The molecule has 2 aromatic rings. The third kappa shape index (κ3) is 3.25. The largest absolute Gasteiger partial charge is 0.366 e. The molecule has 3 heterocycles. The quantitative estimate of drug-likeness (QED) is 0.613. The van der Waals surface area contributed by atoms with E-state index in [1.807, 2.05) is 17.5 Å². The van der Waals surface area contributed by atoms with Crippen molar-refractivity contribution in [3.05, 3.63) is 56.3 Å². The maximum atomic E-state index is 13.5. The summed E-state index contributed by atoms with van der Waals surface area (Å²) >= 11 is 13.9. The van der Waals surface area contributed by atoms with Crippen molar-refractivity contribution in [2.45, 2.75) is 20.3 Å². The summed E-state index contributed by atoms with van der Waals surface area (Å²) in [5, 5.41) is 2.43. The number of amides is 2. The van der Waals surface area contributed by atoms with E-state index in [1.165, 1.54) is 16.2 Å². The highest BCUT2D eigenvalue weighted by atomic mass is 35.5. The van der Waals surface area contributed by atoms with Gasteiger partial charge in [-0.05, 0) is 41.8 Å². The fourth-order valence-electron chi connectivity index (χ4n) is 4.18. The first-order valence-electron chi connectivity index (χ1n) is 9.24. The van der Waals surface area contributed by atoms with Crippen LogP contribution in [0.3, 0.4) is 0 Å². The number of hydrogen-bond donors (Lipinski definition) is 0. The fourth-order valence-corrected chi connectivity index (χ4v) is 5.33.